The van der Waals surface area contributed by atoms with Crippen LogP contribution < -0.4 is 4.90 Å². The normalized spacial score (nSPS) is 18.1. The van der Waals surface area contributed by atoms with E-state index in [4.69, 9.17) is 0 Å². The second kappa shape index (κ2) is 9.05. The third kappa shape index (κ3) is 4.58. The van der Waals surface area contributed by atoms with Crippen molar-refractivity contribution in [3.63, 3.8) is 0 Å². The number of aromatic nitrogens is 1. The molecule has 1 saturated heterocycles. The summed E-state index contributed by atoms with van der Waals surface area (Å²) in [7, 11) is 0. The standard InChI is InChI=1S/C31H34N2O3/c1-19-10-11-22(31(5,6)7)17-24(19)27(34)25-26(20-9-8-16-32-18-20)33(29(36)28(25)35)23-14-12-21(13-15-23)30(2,3)4/h8-18,26,34H,1-7H3/b27-25+. The van der Waals surface area contributed by atoms with E-state index in [1.165, 1.54) is 4.90 Å². The Hall–Kier alpha value is -3.73. The number of hydrogen-bond donors (Lipinski definition) is 1. The number of benzene rings is 2. The number of carbonyl (C=O) groups excluding carboxylic acids is 2. The Morgan fingerprint density at radius 3 is 2.06 bits per heavy atom. The summed E-state index contributed by atoms with van der Waals surface area (Å²) in [6.45, 7) is 14.5. The van der Waals surface area contributed by atoms with Crippen LogP contribution in [-0.4, -0.2) is 21.8 Å². The maximum Gasteiger partial charge on any atom is 0.300 e. The predicted octanol–water partition coefficient (Wildman–Crippen LogP) is 6.61. The molecule has 4 rings (SSSR count). The molecular weight excluding hydrogens is 448 g/mol. The van der Waals surface area contributed by atoms with Crippen LogP contribution in [0.1, 0.15) is 75.4 Å². The van der Waals surface area contributed by atoms with Crippen LogP contribution in [0.4, 0.5) is 5.69 Å². The van der Waals surface area contributed by atoms with Crippen molar-refractivity contribution in [3.8, 4) is 0 Å². The largest absolute Gasteiger partial charge is 0.507 e. The molecule has 186 valence electrons. The molecule has 0 saturated carbocycles. The van der Waals surface area contributed by atoms with Crippen LogP contribution in [0.15, 0.2) is 72.6 Å². The first-order valence-corrected chi connectivity index (χ1v) is 12.2. The summed E-state index contributed by atoms with van der Waals surface area (Å²) in [6, 6.07) is 16.4. The average molecular weight is 483 g/mol. The topological polar surface area (TPSA) is 70.5 Å². The molecule has 36 heavy (non-hydrogen) atoms. The minimum atomic E-state index is -0.795. The highest BCUT2D eigenvalue weighted by molar-refractivity contribution is 6.51. The Morgan fingerprint density at radius 1 is 0.889 bits per heavy atom. The zero-order chi connectivity index (χ0) is 26.4. The molecule has 0 spiro atoms. The summed E-state index contributed by atoms with van der Waals surface area (Å²) in [5.41, 5.74) is 4.65. The van der Waals surface area contributed by atoms with Gasteiger partial charge in [-0.3, -0.25) is 19.5 Å². The highest BCUT2D eigenvalue weighted by Gasteiger charge is 2.47. The van der Waals surface area contributed by atoms with E-state index in [0.717, 1.165) is 16.7 Å². The summed E-state index contributed by atoms with van der Waals surface area (Å²) in [4.78, 5) is 32.6. The van der Waals surface area contributed by atoms with Gasteiger partial charge in [0.2, 0.25) is 0 Å². The number of ketones is 1. The second-order valence-corrected chi connectivity index (χ2v) is 11.5. The summed E-state index contributed by atoms with van der Waals surface area (Å²) in [5.74, 6) is -1.54. The van der Waals surface area contributed by atoms with Gasteiger partial charge in [0.15, 0.2) is 0 Å². The van der Waals surface area contributed by atoms with E-state index in [9.17, 15) is 14.7 Å². The molecule has 1 fully saturated rings. The molecular formula is C31H34N2O3. The van der Waals surface area contributed by atoms with E-state index in [1.807, 2.05) is 55.5 Å². The number of rotatable bonds is 3. The lowest BCUT2D eigenvalue weighted by molar-refractivity contribution is -0.132. The lowest BCUT2D eigenvalue weighted by Crippen LogP contribution is -2.29. The van der Waals surface area contributed by atoms with Crippen molar-refractivity contribution in [1.82, 2.24) is 4.98 Å². The molecule has 1 aliphatic heterocycles. The number of aryl methyl sites for hydroxylation is 1. The molecule has 2 heterocycles. The number of aliphatic hydroxyl groups excluding tert-OH is 1. The minimum Gasteiger partial charge on any atom is -0.507 e. The Bertz CT molecular complexity index is 1340. The van der Waals surface area contributed by atoms with Gasteiger partial charge in [0.25, 0.3) is 11.7 Å². The molecule has 1 unspecified atom stereocenters. The molecule has 0 aliphatic carbocycles. The number of amides is 1. The van der Waals surface area contributed by atoms with Crippen molar-refractivity contribution in [2.24, 2.45) is 0 Å². The van der Waals surface area contributed by atoms with Crippen LogP contribution in [0.3, 0.4) is 0 Å². The maximum absolute atomic E-state index is 13.5. The molecule has 2 aromatic carbocycles. The molecule has 1 aliphatic rings. The van der Waals surface area contributed by atoms with Gasteiger partial charge in [0, 0.05) is 23.6 Å². The second-order valence-electron chi connectivity index (χ2n) is 11.5. The van der Waals surface area contributed by atoms with E-state index in [-0.39, 0.29) is 22.2 Å². The highest BCUT2D eigenvalue weighted by atomic mass is 16.3. The van der Waals surface area contributed by atoms with Gasteiger partial charge >= 0.3 is 0 Å². The van der Waals surface area contributed by atoms with Crippen LogP contribution >= 0.6 is 0 Å². The fraction of sp³-hybridized carbons (Fsp3) is 0.323. The van der Waals surface area contributed by atoms with Crippen LogP contribution in [-0.2, 0) is 20.4 Å². The van der Waals surface area contributed by atoms with Gasteiger partial charge < -0.3 is 5.11 Å². The zero-order valence-corrected chi connectivity index (χ0v) is 22.1. The lowest BCUT2D eigenvalue weighted by atomic mass is 9.84. The summed E-state index contributed by atoms with van der Waals surface area (Å²) >= 11 is 0. The molecule has 0 radical (unpaired) electrons. The summed E-state index contributed by atoms with van der Waals surface area (Å²) in [6.07, 6.45) is 3.28. The van der Waals surface area contributed by atoms with E-state index < -0.39 is 17.7 Å². The number of anilines is 1. The Morgan fingerprint density at radius 2 is 1.50 bits per heavy atom. The lowest BCUT2D eigenvalue weighted by Gasteiger charge is -2.27. The smallest absolute Gasteiger partial charge is 0.300 e. The van der Waals surface area contributed by atoms with Gasteiger partial charge in [-0.1, -0.05) is 71.9 Å². The maximum atomic E-state index is 13.5. The monoisotopic (exact) mass is 482 g/mol. The molecule has 3 aromatic rings. The van der Waals surface area contributed by atoms with Crippen molar-refractivity contribution in [3.05, 3.63) is 100 Å². The Kier molecular flexibility index (Phi) is 6.38. The molecule has 5 heteroatoms. The van der Waals surface area contributed by atoms with Gasteiger partial charge in [-0.25, -0.2) is 0 Å². The molecule has 1 amide bonds. The fourth-order valence-electron chi connectivity index (χ4n) is 4.56. The summed E-state index contributed by atoms with van der Waals surface area (Å²) < 4.78 is 0. The van der Waals surface area contributed by atoms with Gasteiger partial charge in [-0.2, -0.15) is 0 Å². The first-order valence-electron chi connectivity index (χ1n) is 12.2. The van der Waals surface area contributed by atoms with E-state index in [2.05, 4.69) is 46.5 Å². The quantitative estimate of drug-likeness (QED) is 0.259. The SMILES string of the molecule is Cc1ccc(C(C)(C)C)cc1/C(O)=C1\C(=O)C(=O)N(c2ccc(C(C)(C)C)cc2)C1c1cccnc1. The Labute approximate surface area is 213 Å². The van der Waals surface area contributed by atoms with Gasteiger partial charge in [-0.15, -0.1) is 0 Å². The number of hydrogen-bond acceptors (Lipinski definition) is 4. The first kappa shape index (κ1) is 25.4. The summed E-state index contributed by atoms with van der Waals surface area (Å²) in [5, 5.41) is 11.6. The van der Waals surface area contributed by atoms with Crippen LogP contribution in [0, 0.1) is 6.92 Å². The van der Waals surface area contributed by atoms with E-state index in [1.54, 1.807) is 18.5 Å². The highest BCUT2D eigenvalue weighted by Crippen LogP contribution is 2.43. The predicted molar refractivity (Wildman–Crippen MR) is 144 cm³/mol. The Balaban J connectivity index is 1.93. The van der Waals surface area contributed by atoms with Crippen molar-refractivity contribution in [2.45, 2.75) is 65.3 Å². The van der Waals surface area contributed by atoms with Crippen molar-refractivity contribution < 1.29 is 14.7 Å². The third-order valence-electron chi connectivity index (χ3n) is 6.81. The fourth-order valence-corrected chi connectivity index (χ4v) is 4.56. The van der Waals surface area contributed by atoms with Crippen molar-refractivity contribution in [2.75, 3.05) is 4.90 Å². The third-order valence-corrected chi connectivity index (χ3v) is 6.81. The molecule has 0 bridgehead atoms. The molecule has 1 aromatic heterocycles. The number of Topliss-reactive ketones (excluding diaryl/α,β-unsaturated/α-hetero) is 1. The number of nitrogens with zero attached hydrogens (tertiary/aromatic N) is 2. The van der Waals surface area contributed by atoms with Crippen LogP contribution in [0.2, 0.25) is 0 Å². The van der Waals surface area contributed by atoms with Gasteiger partial charge in [0.1, 0.15) is 5.76 Å². The van der Waals surface area contributed by atoms with E-state index >= 15 is 0 Å². The van der Waals surface area contributed by atoms with Crippen LogP contribution in [0.5, 0.6) is 0 Å². The van der Waals surface area contributed by atoms with Gasteiger partial charge in [-0.05, 0) is 64.3 Å². The van der Waals surface area contributed by atoms with E-state index in [0.29, 0.717) is 16.8 Å². The van der Waals surface area contributed by atoms with Gasteiger partial charge in [0.05, 0.1) is 11.6 Å². The van der Waals surface area contributed by atoms with Crippen molar-refractivity contribution >= 4 is 23.1 Å². The van der Waals surface area contributed by atoms with Crippen LogP contribution in [0.25, 0.3) is 5.76 Å². The molecule has 5 nitrogen and oxygen atoms in total. The van der Waals surface area contributed by atoms with Crippen molar-refractivity contribution in [1.29, 1.82) is 0 Å². The number of aliphatic hydroxyl groups is 1. The first-order chi connectivity index (χ1) is 16.8. The average Bonchev–Trinajstić information content (AvgIpc) is 3.09. The molecule has 1 atom stereocenters. The molecule has 1 N–H and O–H groups in total. The number of carbonyl (C=O) groups is 2. The number of pyridine rings is 1. The minimum absolute atomic E-state index is 0.0505. The zero-order valence-electron chi connectivity index (χ0n) is 22.1.